The summed E-state index contributed by atoms with van der Waals surface area (Å²) in [4.78, 5) is 4.74. The number of anilines is 1. The van der Waals surface area contributed by atoms with Crippen LogP contribution in [0.25, 0.3) is 0 Å². The number of hydrogen-bond donors (Lipinski definition) is 0. The van der Waals surface area contributed by atoms with Crippen molar-refractivity contribution in [1.82, 2.24) is 4.90 Å². The molecule has 42 heavy (non-hydrogen) atoms. The van der Waals surface area contributed by atoms with Crippen molar-refractivity contribution >= 4 is 5.69 Å². The highest BCUT2D eigenvalue weighted by molar-refractivity contribution is 5.61. The second-order valence-corrected chi connectivity index (χ2v) is 12.3. The van der Waals surface area contributed by atoms with Gasteiger partial charge in [-0.2, -0.15) is 0 Å². The Morgan fingerprint density at radius 3 is 2.38 bits per heavy atom. The zero-order valence-corrected chi connectivity index (χ0v) is 26.0. The first-order valence-corrected chi connectivity index (χ1v) is 15.6. The zero-order valence-electron chi connectivity index (χ0n) is 26.0. The first-order valence-electron chi connectivity index (χ1n) is 15.6. The first-order chi connectivity index (χ1) is 20.3. The largest absolute Gasteiger partial charge is 0.497 e. The van der Waals surface area contributed by atoms with Crippen molar-refractivity contribution in [3.63, 3.8) is 0 Å². The van der Waals surface area contributed by atoms with Gasteiger partial charge >= 0.3 is 0 Å². The quantitative estimate of drug-likeness (QED) is 0.234. The molecule has 0 saturated carbocycles. The van der Waals surface area contributed by atoms with Gasteiger partial charge in [-0.05, 0) is 110 Å². The number of aryl methyl sites for hydroxylation is 1. The highest BCUT2D eigenvalue weighted by atomic mass is 19.1. The highest BCUT2D eigenvalue weighted by Gasteiger charge is 2.39. The molecule has 226 valence electrons. The Kier molecular flexibility index (Phi) is 9.62. The number of piperidine rings is 1. The van der Waals surface area contributed by atoms with E-state index in [1.807, 2.05) is 6.07 Å². The molecule has 0 radical (unpaired) electrons. The molecule has 1 unspecified atom stereocenters. The van der Waals surface area contributed by atoms with Crippen LogP contribution in [0.15, 0.2) is 54.6 Å². The van der Waals surface area contributed by atoms with Crippen LogP contribution in [0.5, 0.6) is 17.2 Å². The number of fused-ring (bicyclic) bond motifs is 1. The van der Waals surface area contributed by atoms with E-state index in [2.05, 4.69) is 67.0 Å². The smallest absolute Gasteiger partial charge is 0.165 e. The van der Waals surface area contributed by atoms with E-state index in [-0.39, 0.29) is 11.2 Å². The summed E-state index contributed by atoms with van der Waals surface area (Å²) < 4.78 is 32.2. The van der Waals surface area contributed by atoms with Crippen LogP contribution in [0.2, 0.25) is 0 Å². The lowest BCUT2D eigenvalue weighted by Crippen LogP contribution is -2.34. The molecule has 1 fully saturated rings. The fourth-order valence-electron chi connectivity index (χ4n) is 6.96. The Morgan fingerprint density at radius 1 is 0.929 bits per heavy atom. The van der Waals surface area contributed by atoms with E-state index in [1.54, 1.807) is 26.4 Å². The van der Waals surface area contributed by atoms with Crippen LogP contribution in [0, 0.1) is 5.82 Å². The monoisotopic (exact) mass is 574 g/mol. The molecule has 0 bridgehead atoms. The van der Waals surface area contributed by atoms with E-state index in [1.165, 1.54) is 36.0 Å². The van der Waals surface area contributed by atoms with E-state index in [9.17, 15) is 0 Å². The molecule has 0 amide bonds. The van der Waals surface area contributed by atoms with Crippen molar-refractivity contribution in [1.29, 1.82) is 0 Å². The molecule has 5 nitrogen and oxygen atoms in total. The maximum absolute atomic E-state index is 15.2. The molecule has 2 aliphatic rings. The molecule has 3 aromatic carbocycles. The predicted octanol–water partition coefficient (Wildman–Crippen LogP) is 7.74. The third-order valence-corrected chi connectivity index (χ3v) is 9.40. The van der Waals surface area contributed by atoms with Crippen molar-refractivity contribution in [2.24, 2.45) is 0 Å². The van der Waals surface area contributed by atoms with Gasteiger partial charge in [0.15, 0.2) is 11.6 Å². The minimum atomic E-state index is -0.298. The van der Waals surface area contributed by atoms with Crippen molar-refractivity contribution in [2.75, 3.05) is 51.9 Å². The Hall–Kier alpha value is -3.25. The van der Waals surface area contributed by atoms with E-state index in [0.29, 0.717) is 24.8 Å². The van der Waals surface area contributed by atoms with Crippen molar-refractivity contribution in [3.05, 3.63) is 82.7 Å². The van der Waals surface area contributed by atoms with Crippen LogP contribution in [0.4, 0.5) is 10.1 Å². The minimum absolute atomic E-state index is 0.0676. The molecule has 1 aliphatic carbocycles. The Bertz CT molecular complexity index is 1350. The normalized spacial score (nSPS) is 18.3. The summed E-state index contributed by atoms with van der Waals surface area (Å²) in [7, 11) is 3.44. The van der Waals surface area contributed by atoms with Gasteiger partial charge in [0.1, 0.15) is 18.1 Å². The summed E-state index contributed by atoms with van der Waals surface area (Å²) in [5.41, 5.74) is 6.05. The Morgan fingerprint density at radius 2 is 1.67 bits per heavy atom. The van der Waals surface area contributed by atoms with E-state index in [0.717, 1.165) is 61.8 Å². The molecule has 0 N–H and O–H groups in total. The van der Waals surface area contributed by atoms with Gasteiger partial charge in [0, 0.05) is 31.4 Å². The number of nitrogens with zero attached hydrogens (tertiary/aromatic N) is 2. The number of rotatable bonds is 11. The standard InChI is InChI=1S/C36H47FN2O3/c1-6-39(25-26-10-17-35(33(37)22-26)42-21-20-38-18-8-7-9-19-38)34-24-29(41-5)12-14-30(34)32-15-11-27-23-28(40-4)13-16-31(27)36(32,2)3/h10,12-14,16-17,22-24,32H,6-9,11,15,18-21,25H2,1-5H3. The summed E-state index contributed by atoms with van der Waals surface area (Å²) in [6, 6.07) is 18.4. The number of ether oxygens (including phenoxy) is 3. The van der Waals surface area contributed by atoms with Gasteiger partial charge < -0.3 is 19.1 Å². The molecule has 1 saturated heterocycles. The van der Waals surface area contributed by atoms with Gasteiger partial charge in [-0.15, -0.1) is 0 Å². The number of methoxy groups -OCH3 is 2. The van der Waals surface area contributed by atoms with E-state index < -0.39 is 0 Å². The molecule has 0 spiro atoms. The molecule has 1 atom stereocenters. The number of hydrogen-bond acceptors (Lipinski definition) is 5. The van der Waals surface area contributed by atoms with Gasteiger partial charge in [0.25, 0.3) is 0 Å². The van der Waals surface area contributed by atoms with Gasteiger partial charge in [-0.1, -0.05) is 38.5 Å². The molecule has 3 aromatic rings. The van der Waals surface area contributed by atoms with Crippen molar-refractivity contribution in [2.45, 2.75) is 70.8 Å². The minimum Gasteiger partial charge on any atom is -0.497 e. The van der Waals surface area contributed by atoms with Crippen LogP contribution in [-0.4, -0.2) is 51.9 Å². The third kappa shape index (κ3) is 6.54. The van der Waals surface area contributed by atoms with Gasteiger partial charge in [0.2, 0.25) is 0 Å². The zero-order chi connectivity index (χ0) is 29.7. The van der Waals surface area contributed by atoms with Crippen LogP contribution in [0.1, 0.15) is 74.6 Å². The Balaban J connectivity index is 1.36. The van der Waals surface area contributed by atoms with Crippen molar-refractivity contribution in [3.8, 4) is 17.2 Å². The van der Waals surface area contributed by atoms with E-state index >= 15 is 4.39 Å². The number of benzene rings is 3. The molecule has 0 aromatic heterocycles. The van der Waals surface area contributed by atoms with Gasteiger partial charge in [-0.25, -0.2) is 4.39 Å². The average Bonchev–Trinajstić information content (AvgIpc) is 3.01. The fourth-order valence-corrected chi connectivity index (χ4v) is 6.96. The van der Waals surface area contributed by atoms with Crippen LogP contribution < -0.4 is 19.1 Å². The lowest BCUT2D eigenvalue weighted by molar-refractivity contribution is 0.180. The molecule has 5 rings (SSSR count). The number of halogens is 1. The number of likely N-dealkylation sites (tertiary alicyclic amines) is 1. The molecule has 1 heterocycles. The average molecular weight is 575 g/mol. The third-order valence-electron chi connectivity index (χ3n) is 9.40. The SMILES string of the molecule is CCN(Cc1ccc(OCCN2CCCCC2)c(F)c1)c1cc(OC)ccc1C1CCc2cc(OC)ccc2C1(C)C. The summed E-state index contributed by atoms with van der Waals surface area (Å²) in [5.74, 6) is 2.10. The summed E-state index contributed by atoms with van der Waals surface area (Å²) >= 11 is 0. The Labute approximate surface area is 251 Å². The predicted molar refractivity (Wildman–Crippen MR) is 169 cm³/mol. The molecular formula is C36H47FN2O3. The van der Waals surface area contributed by atoms with E-state index in [4.69, 9.17) is 14.2 Å². The van der Waals surface area contributed by atoms with Gasteiger partial charge in [0.05, 0.1) is 14.2 Å². The first kappa shape index (κ1) is 30.2. The summed E-state index contributed by atoms with van der Waals surface area (Å²) in [6.07, 6.45) is 5.84. The molecular weight excluding hydrogens is 527 g/mol. The van der Waals surface area contributed by atoms with Crippen LogP contribution in [-0.2, 0) is 18.4 Å². The van der Waals surface area contributed by atoms with Crippen LogP contribution in [0.3, 0.4) is 0 Å². The topological polar surface area (TPSA) is 34.2 Å². The lowest BCUT2D eigenvalue weighted by Gasteiger charge is -2.42. The van der Waals surface area contributed by atoms with Crippen molar-refractivity contribution < 1.29 is 18.6 Å². The maximum Gasteiger partial charge on any atom is 0.165 e. The maximum atomic E-state index is 15.2. The lowest BCUT2D eigenvalue weighted by atomic mass is 9.63. The summed E-state index contributed by atoms with van der Waals surface area (Å²) in [6.45, 7) is 11.8. The highest BCUT2D eigenvalue weighted by Crippen LogP contribution is 2.50. The molecule has 6 heteroatoms. The van der Waals surface area contributed by atoms with Gasteiger partial charge in [-0.3, -0.25) is 4.90 Å². The fraction of sp³-hybridized carbons (Fsp3) is 0.500. The second-order valence-electron chi connectivity index (χ2n) is 12.3. The summed E-state index contributed by atoms with van der Waals surface area (Å²) in [5, 5.41) is 0. The second kappa shape index (κ2) is 13.4. The molecule has 1 aliphatic heterocycles. The van der Waals surface area contributed by atoms with Crippen LogP contribution >= 0.6 is 0 Å².